The summed E-state index contributed by atoms with van der Waals surface area (Å²) in [6.07, 6.45) is 11.2. The molecular weight excluding hydrogens is 428 g/mol. The lowest BCUT2D eigenvalue weighted by atomic mass is 9.74. The quantitative estimate of drug-likeness (QED) is 0.577. The predicted molar refractivity (Wildman–Crippen MR) is 123 cm³/mol. The number of fused-ring (bicyclic) bond motifs is 1. The molecule has 10 heteroatoms. The number of rotatable bonds is 3. The fourth-order valence-corrected chi connectivity index (χ4v) is 5.93. The van der Waals surface area contributed by atoms with Crippen LogP contribution in [0.4, 0.5) is 5.95 Å². The van der Waals surface area contributed by atoms with E-state index in [2.05, 4.69) is 15.0 Å². The molecule has 2 fully saturated rings. The fraction of sp³-hybridized carbons (Fsp3) is 0.455. The van der Waals surface area contributed by atoms with Crippen LogP contribution in [0.3, 0.4) is 0 Å². The van der Waals surface area contributed by atoms with E-state index in [-0.39, 0.29) is 12.0 Å². The van der Waals surface area contributed by atoms with Gasteiger partial charge < -0.3 is 15.7 Å². The number of pyridine rings is 1. The lowest BCUT2D eigenvalue weighted by molar-refractivity contribution is -0.122. The molecule has 2 aliphatic rings. The van der Waals surface area contributed by atoms with Crippen LogP contribution in [0.1, 0.15) is 32.1 Å². The Morgan fingerprint density at radius 1 is 1.25 bits per heavy atom. The summed E-state index contributed by atoms with van der Waals surface area (Å²) in [5, 5.41) is 11.1. The van der Waals surface area contributed by atoms with Gasteiger partial charge in [-0.25, -0.2) is 9.50 Å². The highest BCUT2D eigenvalue weighted by Gasteiger charge is 2.43. The molecule has 1 aliphatic carbocycles. The van der Waals surface area contributed by atoms with E-state index in [1.54, 1.807) is 17.0 Å². The first-order valence-electron chi connectivity index (χ1n) is 10.7. The van der Waals surface area contributed by atoms with Crippen LogP contribution in [-0.2, 0) is 11.8 Å². The third kappa shape index (κ3) is 4.12. The van der Waals surface area contributed by atoms with Crippen molar-refractivity contribution in [3.63, 3.8) is 0 Å². The second-order valence-electron chi connectivity index (χ2n) is 8.38. The van der Waals surface area contributed by atoms with E-state index in [9.17, 15) is 4.79 Å². The zero-order valence-corrected chi connectivity index (χ0v) is 18.9. The predicted octanol–water partition coefficient (Wildman–Crippen LogP) is 2.38. The Kier molecular flexibility index (Phi) is 6.52. The Morgan fingerprint density at radius 2 is 2.00 bits per heavy atom. The molecule has 1 atom stereocenters. The summed E-state index contributed by atoms with van der Waals surface area (Å²) in [6, 6.07) is 6.22. The van der Waals surface area contributed by atoms with E-state index in [0.717, 1.165) is 48.7 Å². The third-order valence-corrected chi connectivity index (χ3v) is 7.81. The van der Waals surface area contributed by atoms with Gasteiger partial charge in [-0.1, -0.05) is 18.2 Å². The van der Waals surface area contributed by atoms with Gasteiger partial charge in [0.1, 0.15) is 0 Å². The Morgan fingerprint density at radius 3 is 2.69 bits per heavy atom. The summed E-state index contributed by atoms with van der Waals surface area (Å²) in [6.45, 7) is 1.57. The molecule has 1 aliphatic heterocycles. The average Bonchev–Trinajstić information content (AvgIpc) is 3.41. The van der Waals surface area contributed by atoms with Gasteiger partial charge in [-0.05, 0) is 49.3 Å². The van der Waals surface area contributed by atoms with E-state index in [4.69, 9.17) is 15.6 Å². The number of carbonyl (C=O) groups is 1. The van der Waals surface area contributed by atoms with E-state index >= 15 is 0 Å². The highest BCUT2D eigenvalue weighted by Crippen LogP contribution is 2.45. The molecule has 170 valence electrons. The summed E-state index contributed by atoms with van der Waals surface area (Å²) >= 11 is 1.44. The minimum atomic E-state index is -0.250. The van der Waals surface area contributed by atoms with Crippen molar-refractivity contribution in [1.82, 2.24) is 19.2 Å². The molecule has 4 heterocycles. The first kappa shape index (κ1) is 22.3. The highest BCUT2D eigenvalue weighted by atomic mass is 32.2. The van der Waals surface area contributed by atoms with Gasteiger partial charge in [0.05, 0.1) is 22.8 Å². The topological polar surface area (TPSA) is 119 Å². The Labute approximate surface area is 190 Å². The van der Waals surface area contributed by atoms with E-state index in [1.165, 1.54) is 24.6 Å². The van der Waals surface area contributed by atoms with Crippen LogP contribution >= 0.6 is 11.8 Å². The van der Waals surface area contributed by atoms with Gasteiger partial charge in [0, 0.05) is 37.3 Å². The van der Waals surface area contributed by atoms with Crippen LogP contribution in [0.15, 0.2) is 51.4 Å². The molecule has 1 unspecified atom stereocenters. The maximum atomic E-state index is 13.0. The minimum Gasteiger partial charge on any atom is -0.483 e. The van der Waals surface area contributed by atoms with Crippen molar-refractivity contribution in [2.75, 3.05) is 18.0 Å². The molecule has 1 saturated carbocycles. The van der Waals surface area contributed by atoms with E-state index in [0.29, 0.717) is 16.4 Å². The number of aromatic nitrogens is 4. The van der Waals surface area contributed by atoms with Gasteiger partial charge in [0.2, 0.25) is 5.95 Å². The zero-order valence-electron chi connectivity index (χ0n) is 18.1. The molecule has 0 aromatic carbocycles. The monoisotopic (exact) mass is 456 g/mol. The second kappa shape index (κ2) is 9.33. The van der Waals surface area contributed by atoms with Gasteiger partial charge in [-0.3, -0.25) is 14.2 Å². The number of hydrogen-bond donors (Lipinski definition) is 2. The first-order valence-corrected chi connectivity index (χ1v) is 11.6. The number of piperidine rings is 1. The van der Waals surface area contributed by atoms with Crippen LogP contribution < -0.4 is 16.2 Å². The molecule has 1 saturated heterocycles. The Balaban J connectivity index is 0.000000775. The van der Waals surface area contributed by atoms with Crippen molar-refractivity contribution in [3.05, 3.63) is 47.1 Å². The summed E-state index contributed by atoms with van der Waals surface area (Å²) in [5.74, 6) is 0.753. The Bertz CT molecular complexity index is 1150. The summed E-state index contributed by atoms with van der Waals surface area (Å²) in [4.78, 5) is 29.9. The van der Waals surface area contributed by atoms with Crippen LogP contribution in [0, 0.1) is 5.41 Å². The number of hydrogen-bond acceptors (Lipinski definition) is 7. The van der Waals surface area contributed by atoms with Gasteiger partial charge in [0.25, 0.3) is 12.0 Å². The number of nitrogens with zero attached hydrogens (tertiary/aromatic N) is 5. The number of carboxylic acid groups (broad SMARTS) is 1. The molecule has 1 spiro atoms. The molecule has 3 aromatic rings. The summed E-state index contributed by atoms with van der Waals surface area (Å²) < 4.78 is 3.50. The van der Waals surface area contributed by atoms with Gasteiger partial charge in [0.15, 0.2) is 0 Å². The van der Waals surface area contributed by atoms with Crippen molar-refractivity contribution >= 4 is 29.7 Å². The highest BCUT2D eigenvalue weighted by molar-refractivity contribution is 7.99. The van der Waals surface area contributed by atoms with Crippen molar-refractivity contribution in [3.8, 4) is 0 Å². The van der Waals surface area contributed by atoms with Crippen molar-refractivity contribution in [2.24, 2.45) is 18.2 Å². The molecular formula is C22H28N6O3S. The molecule has 0 radical (unpaired) electrons. The summed E-state index contributed by atoms with van der Waals surface area (Å²) in [7, 11) is 1.82. The maximum absolute atomic E-state index is 13.0. The molecule has 0 bridgehead atoms. The van der Waals surface area contributed by atoms with Crippen LogP contribution in [-0.4, -0.2) is 49.9 Å². The zero-order chi connectivity index (χ0) is 22.7. The number of nitrogens with two attached hydrogens (primary N) is 1. The standard InChI is InChI=1S/C21H26N6OS.CH2O2/c1-25-19(28)17(29-16-4-3-11-27-15(16)6-10-24-27)14-23-20(25)26-12-8-21(9-13-26)7-2-5-18(21)22;2-1-3/h3-4,6,10-11,14,18H,2,5,7-9,12-13,22H2,1H3;1H,(H,2,3). The van der Waals surface area contributed by atoms with Gasteiger partial charge in [-0.15, -0.1) is 0 Å². The van der Waals surface area contributed by atoms with Gasteiger partial charge >= 0.3 is 0 Å². The smallest absolute Gasteiger partial charge is 0.290 e. The fourth-order valence-electron chi connectivity index (χ4n) is 4.95. The van der Waals surface area contributed by atoms with Crippen LogP contribution in [0.25, 0.3) is 5.52 Å². The normalized spacial score (nSPS) is 19.7. The van der Waals surface area contributed by atoms with Crippen molar-refractivity contribution < 1.29 is 9.90 Å². The second-order valence-corrected chi connectivity index (χ2v) is 9.46. The molecule has 3 aromatic heterocycles. The molecule has 0 amide bonds. The third-order valence-electron chi connectivity index (χ3n) is 6.75. The Hall–Kier alpha value is -2.85. The molecule has 3 N–H and O–H groups in total. The first-order chi connectivity index (χ1) is 15.5. The average molecular weight is 457 g/mol. The lowest BCUT2D eigenvalue weighted by Gasteiger charge is -2.42. The lowest BCUT2D eigenvalue weighted by Crippen LogP contribution is -2.48. The van der Waals surface area contributed by atoms with Gasteiger partial charge in [-0.2, -0.15) is 5.10 Å². The molecule has 32 heavy (non-hydrogen) atoms. The van der Waals surface area contributed by atoms with E-state index in [1.807, 2.05) is 36.0 Å². The van der Waals surface area contributed by atoms with E-state index < -0.39 is 0 Å². The molecule has 9 nitrogen and oxygen atoms in total. The largest absolute Gasteiger partial charge is 0.483 e. The van der Waals surface area contributed by atoms with Crippen LogP contribution in [0.2, 0.25) is 0 Å². The molecule has 5 rings (SSSR count). The summed E-state index contributed by atoms with van der Waals surface area (Å²) in [5.41, 5.74) is 7.68. The van der Waals surface area contributed by atoms with Crippen molar-refractivity contribution in [1.29, 1.82) is 0 Å². The minimum absolute atomic E-state index is 0.0145. The maximum Gasteiger partial charge on any atom is 0.290 e. The SMILES string of the molecule is Cn1c(N2CCC3(CCCC3N)CC2)ncc(Sc2cccn3nccc23)c1=O.O=CO. The van der Waals surface area contributed by atoms with Crippen LogP contribution in [0.5, 0.6) is 0 Å². The van der Waals surface area contributed by atoms with Crippen molar-refractivity contribution in [2.45, 2.75) is 47.9 Å². The number of anilines is 1.